The minimum absolute atomic E-state index is 0.136. The standard InChI is InChI=1S/C14H10Cl2N2O/c15-10-6-4-9(5-7-10)14-11(8-19)18-12(16)2-1-3-13(18)17-14/h1-7,19H,8H2. The van der Waals surface area contributed by atoms with Gasteiger partial charge in [0.15, 0.2) is 0 Å². The maximum atomic E-state index is 9.60. The predicted molar refractivity (Wildman–Crippen MR) is 76.6 cm³/mol. The van der Waals surface area contributed by atoms with E-state index >= 15 is 0 Å². The molecule has 0 atom stereocenters. The van der Waals surface area contributed by atoms with Crippen LogP contribution in [0.5, 0.6) is 0 Å². The number of halogens is 2. The summed E-state index contributed by atoms with van der Waals surface area (Å²) in [4.78, 5) is 4.52. The molecule has 0 aliphatic rings. The molecule has 5 heteroatoms. The number of imidazole rings is 1. The largest absolute Gasteiger partial charge is 0.390 e. The van der Waals surface area contributed by atoms with Crippen LogP contribution in [0.3, 0.4) is 0 Å². The van der Waals surface area contributed by atoms with Crippen molar-refractivity contribution in [2.24, 2.45) is 0 Å². The Morgan fingerprint density at radius 3 is 2.47 bits per heavy atom. The van der Waals surface area contributed by atoms with Gasteiger partial charge in [0.1, 0.15) is 10.8 Å². The van der Waals surface area contributed by atoms with Crippen LogP contribution in [0.2, 0.25) is 10.2 Å². The molecule has 0 saturated heterocycles. The van der Waals surface area contributed by atoms with Crippen LogP contribution >= 0.6 is 23.2 Å². The molecule has 0 saturated carbocycles. The van der Waals surface area contributed by atoms with Crippen molar-refractivity contribution in [1.29, 1.82) is 0 Å². The summed E-state index contributed by atoms with van der Waals surface area (Å²) in [7, 11) is 0. The lowest BCUT2D eigenvalue weighted by molar-refractivity contribution is 0.276. The Labute approximate surface area is 120 Å². The second kappa shape index (κ2) is 4.85. The van der Waals surface area contributed by atoms with Crippen LogP contribution in [-0.4, -0.2) is 14.5 Å². The minimum atomic E-state index is -0.136. The Kier molecular flexibility index (Phi) is 3.19. The third-order valence-corrected chi connectivity index (χ3v) is 3.51. The molecule has 1 aromatic carbocycles. The quantitative estimate of drug-likeness (QED) is 0.730. The fraction of sp³-hybridized carbons (Fsp3) is 0.0714. The van der Waals surface area contributed by atoms with Crippen molar-refractivity contribution in [1.82, 2.24) is 9.38 Å². The maximum absolute atomic E-state index is 9.60. The zero-order valence-corrected chi connectivity index (χ0v) is 11.4. The molecule has 0 fully saturated rings. The number of rotatable bonds is 2. The molecule has 0 aliphatic carbocycles. The highest BCUT2D eigenvalue weighted by Crippen LogP contribution is 2.27. The van der Waals surface area contributed by atoms with E-state index in [-0.39, 0.29) is 6.61 Å². The first-order chi connectivity index (χ1) is 9.20. The Bertz CT molecular complexity index is 735. The SMILES string of the molecule is OCc1c(-c2ccc(Cl)cc2)nc2cccc(Cl)n12. The highest BCUT2D eigenvalue weighted by atomic mass is 35.5. The van der Waals surface area contributed by atoms with Gasteiger partial charge in [0.05, 0.1) is 18.0 Å². The summed E-state index contributed by atoms with van der Waals surface area (Å²) in [6, 6.07) is 12.8. The summed E-state index contributed by atoms with van der Waals surface area (Å²) in [5.41, 5.74) is 2.99. The van der Waals surface area contributed by atoms with Crippen LogP contribution in [0.25, 0.3) is 16.9 Å². The van der Waals surface area contributed by atoms with Gasteiger partial charge in [-0.1, -0.05) is 41.4 Å². The smallest absolute Gasteiger partial charge is 0.138 e. The molecular weight excluding hydrogens is 283 g/mol. The lowest BCUT2D eigenvalue weighted by Crippen LogP contribution is -1.95. The van der Waals surface area contributed by atoms with Gasteiger partial charge < -0.3 is 5.11 Å². The molecule has 0 bridgehead atoms. The van der Waals surface area contributed by atoms with E-state index in [1.165, 1.54) is 0 Å². The topological polar surface area (TPSA) is 37.5 Å². The second-order valence-corrected chi connectivity index (χ2v) is 4.94. The first-order valence-corrected chi connectivity index (χ1v) is 6.49. The number of hydrogen-bond donors (Lipinski definition) is 1. The monoisotopic (exact) mass is 292 g/mol. The molecule has 0 aliphatic heterocycles. The van der Waals surface area contributed by atoms with E-state index in [4.69, 9.17) is 23.2 Å². The average Bonchev–Trinajstić information content (AvgIpc) is 2.79. The van der Waals surface area contributed by atoms with Crippen molar-refractivity contribution in [3.05, 3.63) is 58.3 Å². The van der Waals surface area contributed by atoms with Gasteiger partial charge in [-0.3, -0.25) is 4.40 Å². The van der Waals surface area contributed by atoms with Crippen LogP contribution in [-0.2, 0) is 6.61 Å². The van der Waals surface area contributed by atoms with Crippen molar-refractivity contribution >= 4 is 28.8 Å². The number of pyridine rings is 1. The van der Waals surface area contributed by atoms with E-state index in [0.29, 0.717) is 27.2 Å². The third kappa shape index (κ3) is 2.10. The number of benzene rings is 1. The Balaban J connectivity index is 2.29. The molecule has 3 rings (SSSR count). The van der Waals surface area contributed by atoms with Crippen molar-refractivity contribution in [3.8, 4) is 11.3 Å². The van der Waals surface area contributed by atoms with Crippen molar-refractivity contribution in [2.75, 3.05) is 0 Å². The highest BCUT2D eigenvalue weighted by molar-refractivity contribution is 6.30. The molecule has 2 heterocycles. The Morgan fingerprint density at radius 1 is 1.05 bits per heavy atom. The highest BCUT2D eigenvalue weighted by Gasteiger charge is 2.14. The van der Waals surface area contributed by atoms with Crippen molar-refractivity contribution < 1.29 is 5.11 Å². The molecule has 96 valence electrons. The number of nitrogens with zero attached hydrogens (tertiary/aromatic N) is 2. The molecule has 1 N–H and O–H groups in total. The Hall–Kier alpha value is -1.55. The van der Waals surface area contributed by atoms with Crippen molar-refractivity contribution in [2.45, 2.75) is 6.61 Å². The zero-order chi connectivity index (χ0) is 13.4. The summed E-state index contributed by atoms with van der Waals surface area (Å²) >= 11 is 12.0. The molecule has 0 amide bonds. The van der Waals surface area contributed by atoms with Crippen molar-refractivity contribution in [3.63, 3.8) is 0 Å². The van der Waals surface area contributed by atoms with Gasteiger partial charge in [0, 0.05) is 10.6 Å². The van der Waals surface area contributed by atoms with Gasteiger partial charge in [-0.2, -0.15) is 0 Å². The van der Waals surface area contributed by atoms with E-state index in [9.17, 15) is 5.11 Å². The van der Waals surface area contributed by atoms with Gasteiger partial charge in [-0.25, -0.2) is 4.98 Å². The van der Waals surface area contributed by atoms with Gasteiger partial charge in [-0.15, -0.1) is 0 Å². The summed E-state index contributed by atoms with van der Waals surface area (Å²) in [5, 5.41) is 10.8. The molecule has 0 spiro atoms. The first kappa shape index (κ1) is 12.5. The number of hydrogen-bond acceptors (Lipinski definition) is 2. The number of fused-ring (bicyclic) bond motifs is 1. The van der Waals surface area contributed by atoms with Gasteiger partial charge in [0.25, 0.3) is 0 Å². The molecule has 2 aromatic heterocycles. The summed E-state index contributed by atoms with van der Waals surface area (Å²) in [6.07, 6.45) is 0. The fourth-order valence-corrected chi connectivity index (χ4v) is 2.48. The molecule has 19 heavy (non-hydrogen) atoms. The molecular formula is C14H10Cl2N2O. The van der Waals surface area contributed by atoms with Crippen LogP contribution in [0.1, 0.15) is 5.69 Å². The van der Waals surface area contributed by atoms with E-state index < -0.39 is 0 Å². The van der Waals surface area contributed by atoms with Gasteiger partial charge in [0.2, 0.25) is 0 Å². The lowest BCUT2D eigenvalue weighted by atomic mass is 10.1. The fourth-order valence-electron chi connectivity index (χ4n) is 2.10. The molecule has 3 nitrogen and oxygen atoms in total. The molecule has 0 radical (unpaired) electrons. The van der Waals surface area contributed by atoms with E-state index in [2.05, 4.69) is 4.98 Å². The summed E-state index contributed by atoms with van der Waals surface area (Å²) < 4.78 is 1.74. The van der Waals surface area contributed by atoms with Gasteiger partial charge >= 0.3 is 0 Å². The van der Waals surface area contributed by atoms with Crippen LogP contribution in [0.4, 0.5) is 0 Å². The zero-order valence-electron chi connectivity index (χ0n) is 9.85. The van der Waals surface area contributed by atoms with E-state index in [1.807, 2.05) is 24.3 Å². The molecule has 0 unspecified atom stereocenters. The Morgan fingerprint density at radius 2 is 1.79 bits per heavy atom. The van der Waals surface area contributed by atoms with Gasteiger partial charge in [-0.05, 0) is 24.3 Å². The maximum Gasteiger partial charge on any atom is 0.138 e. The predicted octanol–water partition coefficient (Wildman–Crippen LogP) is 3.80. The second-order valence-electron chi connectivity index (χ2n) is 4.11. The third-order valence-electron chi connectivity index (χ3n) is 2.96. The van der Waals surface area contributed by atoms with Crippen LogP contribution in [0.15, 0.2) is 42.5 Å². The summed E-state index contributed by atoms with van der Waals surface area (Å²) in [6.45, 7) is -0.136. The van der Waals surface area contributed by atoms with E-state index in [0.717, 1.165) is 5.56 Å². The first-order valence-electron chi connectivity index (χ1n) is 5.73. The minimum Gasteiger partial charge on any atom is -0.390 e. The number of aromatic nitrogens is 2. The van der Waals surface area contributed by atoms with E-state index in [1.54, 1.807) is 22.6 Å². The van der Waals surface area contributed by atoms with Crippen LogP contribution < -0.4 is 0 Å². The summed E-state index contributed by atoms with van der Waals surface area (Å²) in [5.74, 6) is 0. The van der Waals surface area contributed by atoms with Crippen LogP contribution in [0, 0.1) is 0 Å². The lowest BCUT2D eigenvalue weighted by Gasteiger charge is -2.03. The number of aliphatic hydroxyl groups is 1. The average molecular weight is 293 g/mol. The normalized spacial score (nSPS) is 11.1. The number of aliphatic hydroxyl groups excluding tert-OH is 1. The molecule has 3 aromatic rings.